The van der Waals surface area contributed by atoms with E-state index in [1.165, 1.54) is 6.92 Å². The molecule has 1 rings (SSSR count). The van der Waals surface area contributed by atoms with Crippen molar-refractivity contribution < 1.29 is 19.6 Å². The predicted molar refractivity (Wildman–Crippen MR) is 62.1 cm³/mol. The molecule has 0 aromatic heterocycles. The van der Waals surface area contributed by atoms with Crippen molar-refractivity contribution >= 4 is 28.9 Å². The summed E-state index contributed by atoms with van der Waals surface area (Å²) in [5, 5.41) is 19.8. The third-order valence-electron chi connectivity index (χ3n) is 2.45. The van der Waals surface area contributed by atoms with Crippen LogP contribution in [0.1, 0.15) is 26.3 Å². The van der Waals surface area contributed by atoms with Crippen molar-refractivity contribution in [3.8, 4) is 0 Å². The van der Waals surface area contributed by atoms with Crippen LogP contribution in [0.15, 0.2) is 0 Å². The maximum absolute atomic E-state index is 11.2. The van der Waals surface area contributed by atoms with Gasteiger partial charge < -0.3 is 22.3 Å². The standard InChI is InChI=1S/C9H10N4O5/c1-2-3(8(12)14)7(13(17)18)4(9(15)16)6(11)5(2)10/h10-11H2,1H3,(H2,12,14)(H,15,16). The summed E-state index contributed by atoms with van der Waals surface area (Å²) in [6.07, 6.45) is 0. The molecule has 0 bridgehead atoms. The smallest absolute Gasteiger partial charge is 0.344 e. The molecule has 96 valence electrons. The van der Waals surface area contributed by atoms with E-state index in [2.05, 4.69) is 0 Å². The highest BCUT2D eigenvalue weighted by Gasteiger charge is 2.33. The second kappa shape index (κ2) is 4.20. The lowest BCUT2D eigenvalue weighted by Crippen LogP contribution is -2.20. The fraction of sp³-hybridized carbons (Fsp3) is 0.111. The molecule has 1 aromatic carbocycles. The van der Waals surface area contributed by atoms with Crippen molar-refractivity contribution in [3.63, 3.8) is 0 Å². The number of primary amides is 1. The van der Waals surface area contributed by atoms with Gasteiger partial charge in [0, 0.05) is 0 Å². The van der Waals surface area contributed by atoms with E-state index in [0.717, 1.165) is 0 Å². The first kappa shape index (κ1) is 13.2. The Morgan fingerprint density at radius 3 is 2.06 bits per heavy atom. The molecular weight excluding hydrogens is 244 g/mol. The van der Waals surface area contributed by atoms with Crippen LogP contribution in [0.2, 0.25) is 0 Å². The van der Waals surface area contributed by atoms with Gasteiger partial charge in [-0.15, -0.1) is 0 Å². The summed E-state index contributed by atoms with van der Waals surface area (Å²) in [6, 6.07) is 0. The van der Waals surface area contributed by atoms with Crippen molar-refractivity contribution in [1.29, 1.82) is 0 Å². The van der Waals surface area contributed by atoms with E-state index in [1.54, 1.807) is 0 Å². The lowest BCUT2D eigenvalue weighted by Gasteiger charge is -2.12. The normalized spacial score (nSPS) is 10.1. The van der Waals surface area contributed by atoms with Crippen LogP contribution < -0.4 is 17.2 Å². The van der Waals surface area contributed by atoms with Crippen LogP contribution in [-0.2, 0) is 0 Å². The zero-order chi connectivity index (χ0) is 14.2. The largest absolute Gasteiger partial charge is 0.477 e. The number of anilines is 2. The van der Waals surface area contributed by atoms with Gasteiger partial charge in [0.25, 0.3) is 11.6 Å². The van der Waals surface area contributed by atoms with Crippen molar-refractivity contribution in [2.24, 2.45) is 5.73 Å². The monoisotopic (exact) mass is 254 g/mol. The number of nitrogens with zero attached hydrogens (tertiary/aromatic N) is 1. The van der Waals surface area contributed by atoms with Gasteiger partial charge in [-0.05, 0) is 12.5 Å². The third kappa shape index (κ3) is 1.77. The number of nitro benzene ring substituents is 1. The number of carbonyl (C=O) groups is 2. The summed E-state index contributed by atoms with van der Waals surface area (Å²) in [5.41, 5.74) is 12.9. The van der Waals surface area contributed by atoms with Gasteiger partial charge in [-0.1, -0.05) is 0 Å². The second-order valence-electron chi connectivity index (χ2n) is 3.48. The summed E-state index contributed by atoms with van der Waals surface area (Å²) >= 11 is 0. The molecule has 7 N–H and O–H groups in total. The first-order valence-electron chi connectivity index (χ1n) is 4.59. The number of hydrogen-bond acceptors (Lipinski definition) is 6. The van der Waals surface area contributed by atoms with Crippen LogP contribution in [0.25, 0.3) is 0 Å². The average Bonchev–Trinajstić information content (AvgIpc) is 2.23. The molecule has 0 saturated heterocycles. The Bertz CT molecular complexity index is 540. The summed E-state index contributed by atoms with van der Waals surface area (Å²) < 4.78 is 0. The molecule has 9 heteroatoms. The minimum Gasteiger partial charge on any atom is -0.477 e. The Balaban J connectivity index is 3.99. The first-order valence-corrected chi connectivity index (χ1v) is 4.59. The van der Waals surface area contributed by atoms with Crippen LogP contribution in [0.5, 0.6) is 0 Å². The molecule has 1 aromatic rings. The fourth-order valence-electron chi connectivity index (χ4n) is 1.60. The van der Waals surface area contributed by atoms with Gasteiger partial charge in [0.15, 0.2) is 5.56 Å². The summed E-state index contributed by atoms with van der Waals surface area (Å²) in [4.78, 5) is 32.1. The zero-order valence-corrected chi connectivity index (χ0v) is 9.26. The molecule has 0 unspecified atom stereocenters. The number of nitrogens with two attached hydrogens (primary N) is 3. The number of carboxylic acids is 1. The molecule has 0 atom stereocenters. The molecule has 0 radical (unpaired) electrons. The number of carboxylic acid groups (broad SMARTS) is 1. The van der Waals surface area contributed by atoms with Crippen molar-refractivity contribution in [3.05, 3.63) is 26.8 Å². The van der Waals surface area contributed by atoms with E-state index >= 15 is 0 Å². The number of amides is 1. The number of nitro groups is 1. The molecule has 0 fully saturated rings. The minimum atomic E-state index is -1.66. The predicted octanol–water partition coefficient (Wildman–Crippen LogP) is -0.135. The van der Waals surface area contributed by atoms with Crippen molar-refractivity contribution in [2.45, 2.75) is 6.92 Å². The van der Waals surface area contributed by atoms with E-state index in [0.29, 0.717) is 0 Å². The van der Waals surface area contributed by atoms with E-state index in [1.807, 2.05) is 0 Å². The lowest BCUT2D eigenvalue weighted by atomic mass is 9.97. The molecule has 0 heterocycles. The molecule has 0 saturated carbocycles. The first-order chi connectivity index (χ1) is 8.20. The van der Waals surface area contributed by atoms with E-state index < -0.39 is 39.3 Å². The van der Waals surface area contributed by atoms with Gasteiger partial charge in [0.05, 0.1) is 16.3 Å². The van der Waals surface area contributed by atoms with Gasteiger partial charge >= 0.3 is 5.97 Å². The maximum atomic E-state index is 11.2. The molecule has 0 aliphatic carbocycles. The van der Waals surface area contributed by atoms with Crippen LogP contribution in [-0.4, -0.2) is 21.9 Å². The molecule has 1 amide bonds. The Kier molecular flexibility index (Phi) is 3.09. The lowest BCUT2D eigenvalue weighted by molar-refractivity contribution is -0.385. The van der Waals surface area contributed by atoms with Gasteiger partial charge in [-0.2, -0.15) is 0 Å². The number of rotatable bonds is 3. The second-order valence-corrected chi connectivity index (χ2v) is 3.48. The highest BCUT2D eigenvalue weighted by atomic mass is 16.6. The Morgan fingerprint density at radius 2 is 1.72 bits per heavy atom. The van der Waals surface area contributed by atoms with Gasteiger partial charge in [-0.25, -0.2) is 4.79 Å². The SMILES string of the molecule is Cc1c(N)c(N)c(C(=O)O)c([N+](=O)[O-])c1C(N)=O. The highest BCUT2D eigenvalue weighted by molar-refractivity contribution is 6.10. The number of aromatic carboxylic acids is 1. The molecule has 0 aliphatic rings. The van der Waals surface area contributed by atoms with Crippen molar-refractivity contribution in [1.82, 2.24) is 0 Å². The Labute approximate surface area is 100 Å². The Hall–Kier alpha value is -2.84. The molecule has 18 heavy (non-hydrogen) atoms. The van der Waals surface area contributed by atoms with E-state index in [4.69, 9.17) is 22.3 Å². The number of benzene rings is 1. The average molecular weight is 254 g/mol. The topological polar surface area (TPSA) is 176 Å². The zero-order valence-electron chi connectivity index (χ0n) is 9.26. The Morgan fingerprint density at radius 1 is 1.22 bits per heavy atom. The molecule has 0 spiro atoms. The third-order valence-corrected chi connectivity index (χ3v) is 2.45. The summed E-state index contributed by atoms with van der Waals surface area (Å²) in [6.45, 7) is 1.30. The summed E-state index contributed by atoms with van der Waals surface area (Å²) in [7, 11) is 0. The van der Waals surface area contributed by atoms with E-state index in [-0.39, 0.29) is 11.3 Å². The molecule has 9 nitrogen and oxygen atoms in total. The summed E-state index contributed by atoms with van der Waals surface area (Å²) in [5.74, 6) is -2.80. The quantitative estimate of drug-likeness (QED) is 0.329. The number of carbonyl (C=O) groups excluding carboxylic acids is 1. The maximum Gasteiger partial charge on any atom is 0.344 e. The highest BCUT2D eigenvalue weighted by Crippen LogP contribution is 2.36. The number of hydrogen-bond donors (Lipinski definition) is 4. The van der Waals surface area contributed by atoms with Gasteiger partial charge in [-0.3, -0.25) is 14.9 Å². The molecule has 0 aliphatic heterocycles. The van der Waals surface area contributed by atoms with Crippen LogP contribution >= 0.6 is 0 Å². The van der Waals surface area contributed by atoms with Gasteiger partial charge in [0.2, 0.25) is 0 Å². The fourth-order valence-corrected chi connectivity index (χ4v) is 1.60. The molecular formula is C9H10N4O5. The van der Waals surface area contributed by atoms with Gasteiger partial charge in [0.1, 0.15) is 5.56 Å². The van der Waals surface area contributed by atoms with Crippen molar-refractivity contribution in [2.75, 3.05) is 11.5 Å². The minimum absolute atomic E-state index is 0.0169. The van der Waals surface area contributed by atoms with Crippen LogP contribution in [0, 0.1) is 17.0 Å². The van der Waals surface area contributed by atoms with E-state index in [9.17, 15) is 19.7 Å². The van der Waals surface area contributed by atoms with Crippen LogP contribution in [0.3, 0.4) is 0 Å². The number of nitrogen functional groups attached to an aromatic ring is 2. The van der Waals surface area contributed by atoms with Crippen LogP contribution in [0.4, 0.5) is 17.1 Å².